The van der Waals surface area contributed by atoms with Gasteiger partial charge in [-0.1, -0.05) is 41.9 Å². The molecule has 0 aliphatic heterocycles. The minimum absolute atomic E-state index is 0.594. The quantitative estimate of drug-likeness (QED) is 0.447. The molecule has 3 nitrogen and oxygen atoms in total. The third kappa shape index (κ3) is 3.88. The normalized spacial score (nSPS) is 11.7. The van der Waals surface area contributed by atoms with Crippen LogP contribution in [0.2, 0.25) is 5.02 Å². The minimum Gasteiger partial charge on any atom is -0.497 e. The van der Waals surface area contributed by atoms with Gasteiger partial charge in [-0.25, -0.2) is 0 Å². The number of hydrogen-bond acceptors (Lipinski definition) is 3. The molecule has 0 radical (unpaired) electrons. The Hall–Kier alpha value is -3.04. The smallest absolute Gasteiger partial charge is 0.137 e. The van der Waals surface area contributed by atoms with Gasteiger partial charge in [0.1, 0.15) is 17.1 Å². The van der Waals surface area contributed by atoms with Gasteiger partial charge in [0.05, 0.1) is 19.0 Å². The van der Waals surface area contributed by atoms with Crippen LogP contribution in [0.25, 0.3) is 22.3 Å². The van der Waals surface area contributed by atoms with Gasteiger partial charge in [0.2, 0.25) is 0 Å². The van der Waals surface area contributed by atoms with Crippen molar-refractivity contribution in [2.45, 2.75) is 6.54 Å². The van der Waals surface area contributed by atoms with E-state index in [1.54, 1.807) is 7.11 Å². The van der Waals surface area contributed by atoms with Crippen molar-refractivity contribution in [3.05, 3.63) is 94.8 Å². The van der Waals surface area contributed by atoms with Crippen LogP contribution in [0, 0.1) is 0 Å². The average molecular weight is 376 g/mol. The molecule has 134 valence electrons. The van der Waals surface area contributed by atoms with Crippen LogP contribution in [0.15, 0.2) is 88.3 Å². The number of fused-ring (bicyclic) bond motifs is 1. The molecule has 0 saturated heterocycles. The summed E-state index contributed by atoms with van der Waals surface area (Å²) in [6.07, 6.45) is 0. The molecule has 0 fully saturated rings. The number of benzene rings is 3. The van der Waals surface area contributed by atoms with Crippen molar-refractivity contribution in [3.63, 3.8) is 0 Å². The van der Waals surface area contributed by atoms with Crippen LogP contribution in [-0.2, 0) is 6.54 Å². The van der Waals surface area contributed by atoms with Gasteiger partial charge in [-0.3, -0.25) is 4.99 Å². The Morgan fingerprint density at radius 3 is 2.44 bits per heavy atom. The average Bonchev–Trinajstić information content (AvgIpc) is 2.72. The summed E-state index contributed by atoms with van der Waals surface area (Å²) in [6.45, 7) is 0.594. The highest BCUT2D eigenvalue weighted by atomic mass is 35.5. The van der Waals surface area contributed by atoms with Gasteiger partial charge < -0.3 is 9.15 Å². The molecular weight excluding hydrogens is 358 g/mol. The second kappa shape index (κ2) is 7.68. The predicted molar refractivity (Wildman–Crippen MR) is 109 cm³/mol. The first-order valence-electron chi connectivity index (χ1n) is 8.65. The second-order valence-electron chi connectivity index (χ2n) is 6.17. The molecule has 27 heavy (non-hydrogen) atoms. The zero-order valence-corrected chi connectivity index (χ0v) is 15.6. The molecule has 0 aliphatic carbocycles. The molecule has 0 aliphatic rings. The van der Waals surface area contributed by atoms with E-state index in [-0.39, 0.29) is 0 Å². The lowest BCUT2D eigenvalue weighted by molar-refractivity contribution is 0.415. The Balaban J connectivity index is 1.88. The Bertz CT molecular complexity index is 1130. The van der Waals surface area contributed by atoms with Gasteiger partial charge in [-0.2, -0.15) is 0 Å². The van der Waals surface area contributed by atoms with Crippen molar-refractivity contribution < 1.29 is 9.15 Å². The molecule has 1 heterocycles. The van der Waals surface area contributed by atoms with Gasteiger partial charge >= 0.3 is 0 Å². The van der Waals surface area contributed by atoms with E-state index in [0.29, 0.717) is 11.6 Å². The molecule has 0 amide bonds. The maximum atomic E-state index is 6.12. The zero-order chi connectivity index (χ0) is 18.6. The van der Waals surface area contributed by atoms with Crippen LogP contribution in [-0.4, -0.2) is 7.11 Å². The van der Waals surface area contributed by atoms with E-state index < -0.39 is 0 Å². The van der Waals surface area contributed by atoms with Gasteiger partial charge in [0, 0.05) is 22.0 Å². The van der Waals surface area contributed by atoms with Gasteiger partial charge in [-0.05, 0) is 48.0 Å². The number of hydrogen-bond donors (Lipinski definition) is 0. The zero-order valence-electron chi connectivity index (χ0n) is 14.9. The summed E-state index contributed by atoms with van der Waals surface area (Å²) in [4.78, 5) is 4.84. The molecule has 0 spiro atoms. The standard InChI is InChI=1S/C23H18ClNO2/c1-26-19-11-12-22-20(13-19)21(25-15-16-5-3-2-4-6-16)14-23(27-22)17-7-9-18(24)10-8-17/h2-14H,15H2,1H3. The molecule has 4 heteroatoms. The molecule has 4 rings (SSSR count). The largest absolute Gasteiger partial charge is 0.497 e. The molecule has 4 aromatic rings. The molecule has 0 atom stereocenters. The summed E-state index contributed by atoms with van der Waals surface area (Å²) in [6, 6.07) is 25.5. The molecule has 3 aromatic carbocycles. The van der Waals surface area contributed by atoms with Crippen molar-refractivity contribution in [2.24, 2.45) is 4.99 Å². The summed E-state index contributed by atoms with van der Waals surface area (Å²) in [5.74, 6) is 1.52. The molecule has 0 bridgehead atoms. The summed E-state index contributed by atoms with van der Waals surface area (Å²) in [5.41, 5.74) is 2.87. The van der Waals surface area contributed by atoms with Crippen LogP contribution in [0.3, 0.4) is 0 Å². The van der Waals surface area contributed by atoms with Crippen LogP contribution in [0.4, 0.5) is 0 Å². The third-order valence-corrected chi connectivity index (χ3v) is 4.61. The first-order chi connectivity index (χ1) is 13.2. The van der Waals surface area contributed by atoms with E-state index in [9.17, 15) is 0 Å². The first kappa shape index (κ1) is 17.4. The first-order valence-corrected chi connectivity index (χ1v) is 9.03. The van der Waals surface area contributed by atoms with E-state index in [0.717, 1.165) is 39.0 Å². The highest BCUT2D eigenvalue weighted by Gasteiger charge is 2.07. The fourth-order valence-electron chi connectivity index (χ4n) is 2.92. The van der Waals surface area contributed by atoms with Crippen LogP contribution in [0.1, 0.15) is 5.56 Å². The monoisotopic (exact) mass is 375 g/mol. The Morgan fingerprint density at radius 1 is 0.926 bits per heavy atom. The number of rotatable bonds is 4. The maximum absolute atomic E-state index is 6.12. The topological polar surface area (TPSA) is 34.7 Å². The summed E-state index contributed by atoms with van der Waals surface area (Å²) < 4.78 is 11.5. The maximum Gasteiger partial charge on any atom is 0.137 e. The number of nitrogens with zero attached hydrogens (tertiary/aromatic N) is 1. The minimum atomic E-state index is 0.594. The van der Waals surface area contributed by atoms with Gasteiger partial charge in [-0.15, -0.1) is 0 Å². The lowest BCUT2D eigenvalue weighted by atomic mass is 10.1. The van der Waals surface area contributed by atoms with Gasteiger partial charge in [0.25, 0.3) is 0 Å². The fraction of sp³-hybridized carbons (Fsp3) is 0.0870. The molecule has 0 saturated carbocycles. The summed E-state index contributed by atoms with van der Waals surface area (Å²) in [5, 5.41) is 2.48. The summed E-state index contributed by atoms with van der Waals surface area (Å²) in [7, 11) is 1.65. The van der Waals surface area contributed by atoms with Crippen molar-refractivity contribution >= 4 is 22.6 Å². The van der Waals surface area contributed by atoms with E-state index in [4.69, 9.17) is 25.7 Å². The summed E-state index contributed by atoms with van der Waals surface area (Å²) >= 11 is 6.01. The van der Waals surface area contributed by atoms with Crippen LogP contribution >= 0.6 is 11.6 Å². The number of methoxy groups -OCH3 is 1. The molecule has 0 N–H and O–H groups in total. The predicted octanol–water partition coefficient (Wildman–Crippen LogP) is 5.86. The highest BCUT2D eigenvalue weighted by molar-refractivity contribution is 6.30. The Morgan fingerprint density at radius 2 is 1.70 bits per heavy atom. The molecule has 0 unspecified atom stereocenters. The van der Waals surface area contributed by atoms with Crippen LogP contribution in [0.5, 0.6) is 5.75 Å². The lowest BCUT2D eigenvalue weighted by Crippen LogP contribution is -2.05. The third-order valence-electron chi connectivity index (χ3n) is 4.35. The van der Waals surface area contributed by atoms with E-state index in [2.05, 4.69) is 12.1 Å². The van der Waals surface area contributed by atoms with Crippen molar-refractivity contribution in [1.29, 1.82) is 0 Å². The van der Waals surface area contributed by atoms with Crippen molar-refractivity contribution in [3.8, 4) is 17.1 Å². The van der Waals surface area contributed by atoms with Crippen LogP contribution < -0.4 is 10.1 Å². The number of ether oxygens (including phenoxy) is 1. The fourth-order valence-corrected chi connectivity index (χ4v) is 3.05. The lowest BCUT2D eigenvalue weighted by Gasteiger charge is -2.07. The molecule has 1 aromatic heterocycles. The van der Waals surface area contributed by atoms with E-state index >= 15 is 0 Å². The number of halogens is 1. The van der Waals surface area contributed by atoms with E-state index in [1.807, 2.05) is 66.7 Å². The van der Waals surface area contributed by atoms with E-state index in [1.165, 1.54) is 0 Å². The second-order valence-corrected chi connectivity index (χ2v) is 6.60. The Labute approximate surface area is 162 Å². The van der Waals surface area contributed by atoms with Crippen molar-refractivity contribution in [1.82, 2.24) is 0 Å². The van der Waals surface area contributed by atoms with Gasteiger partial charge in [0.15, 0.2) is 0 Å². The SMILES string of the molecule is COc1ccc2oc(-c3ccc(Cl)cc3)cc(=NCc3ccccc3)c2c1. The Kier molecular flexibility index (Phi) is 4.95. The van der Waals surface area contributed by atoms with Crippen molar-refractivity contribution in [2.75, 3.05) is 7.11 Å². The highest BCUT2D eigenvalue weighted by Crippen LogP contribution is 2.25. The molecular formula is C23H18ClNO2.